The molecule has 1 aromatic heterocycles. The summed E-state index contributed by atoms with van der Waals surface area (Å²) >= 11 is 0. The third kappa shape index (κ3) is 3.88. The van der Waals surface area contributed by atoms with Crippen molar-refractivity contribution in [2.75, 3.05) is 24.8 Å². The summed E-state index contributed by atoms with van der Waals surface area (Å²) in [4.78, 5) is 25.5. The number of hydrogen-bond acceptors (Lipinski definition) is 6. The number of carbonyl (C=O) groups excluding carboxylic acids is 2. The summed E-state index contributed by atoms with van der Waals surface area (Å²) in [6.45, 7) is 1.50. The summed E-state index contributed by atoms with van der Waals surface area (Å²) in [6, 6.07) is 12.2. The number of ether oxygens (including phenoxy) is 2. The number of anilines is 1. The van der Waals surface area contributed by atoms with Crippen LogP contribution >= 0.6 is 0 Å². The number of aromatic nitrogens is 1. The maximum absolute atomic E-state index is 13.3. The molecule has 0 fully saturated rings. The summed E-state index contributed by atoms with van der Waals surface area (Å²) in [5.41, 5.74) is 1.03. The van der Waals surface area contributed by atoms with Crippen LogP contribution in [0.4, 0.5) is 5.69 Å². The Balaban J connectivity index is 2.09. The average molecular weight is 430 g/mol. The molecule has 1 atom stereocenters. The molecule has 1 heterocycles. The molecule has 0 aliphatic rings. The lowest BCUT2D eigenvalue weighted by atomic mass is 10.2. The molecule has 0 amide bonds. The van der Waals surface area contributed by atoms with Gasteiger partial charge < -0.3 is 9.47 Å². The quantitative estimate of drug-likeness (QED) is 0.558. The Morgan fingerprint density at radius 2 is 1.67 bits per heavy atom. The van der Waals surface area contributed by atoms with Gasteiger partial charge in [0, 0.05) is 11.6 Å². The van der Waals surface area contributed by atoms with E-state index in [2.05, 4.69) is 0 Å². The van der Waals surface area contributed by atoms with E-state index in [0.717, 1.165) is 10.6 Å². The predicted molar refractivity (Wildman–Crippen MR) is 114 cm³/mol. The van der Waals surface area contributed by atoms with E-state index in [4.69, 9.17) is 9.47 Å². The predicted octanol–water partition coefficient (Wildman–Crippen LogP) is 2.93. The van der Waals surface area contributed by atoms with Crippen LogP contribution in [0.3, 0.4) is 0 Å². The standard InChI is InChI=1S/C21H22N2O6S/c1-14(23(30(4,26)27)15-9-11-16(28-2)12-10-15)20(24)22-13-18(21(25)29-3)17-7-5-6-8-19(17)22/h5-14H,1-4H3/t14-/m1/s1. The lowest BCUT2D eigenvalue weighted by Crippen LogP contribution is -2.44. The molecular weight excluding hydrogens is 408 g/mol. The topological polar surface area (TPSA) is 94.9 Å². The largest absolute Gasteiger partial charge is 0.497 e. The van der Waals surface area contributed by atoms with Gasteiger partial charge in [-0.2, -0.15) is 0 Å². The summed E-state index contributed by atoms with van der Waals surface area (Å²) < 4.78 is 37.3. The van der Waals surface area contributed by atoms with Gasteiger partial charge in [-0.05, 0) is 37.3 Å². The van der Waals surface area contributed by atoms with Gasteiger partial charge in [-0.25, -0.2) is 13.2 Å². The molecule has 0 aliphatic carbocycles. The number of benzene rings is 2. The second-order valence-corrected chi connectivity index (χ2v) is 8.55. The number of methoxy groups -OCH3 is 2. The third-order valence-electron chi connectivity index (χ3n) is 4.75. The summed E-state index contributed by atoms with van der Waals surface area (Å²) in [7, 11) is -1.03. The van der Waals surface area contributed by atoms with Crippen molar-refractivity contribution in [1.82, 2.24) is 4.57 Å². The summed E-state index contributed by atoms with van der Waals surface area (Å²) in [5.74, 6) is -0.534. The summed E-state index contributed by atoms with van der Waals surface area (Å²) in [5, 5.41) is 0.542. The first-order valence-corrected chi connectivity index (χ1v) is 10.9. The van der Waals surface area contributed by atoms with E-state index in [0.29, 0.717) is 22.3 Å². The Kier molecular flexibility index (Phi) is 5.84. The highest BCUT2D eigenvalue weighted by Gasteiger charge is 2.31. The molecular formula is C21H22N2O6S. The first-order valence-electron chi connectivity index (χ1n) is 9.05. The zero-order chi connectivity index (χ0) is 22.1. The molecule has 0 saturated carbocycles. The normalized spacial score (nSPS) is 12.4. The fourth-order valence-electron chi connectivity index (χ4n) is 3.37. The van der Waals surface area contributed by atoms with Crippen LogP contribution in [-0.4, -0.2) is 51.4 Å². The average Bonchev–Trinajstić information content (AvgIpc) is 3.12. The van der Waals surface area contributed by atoms with Gasteiger partial charge in [-0.1, -0.05) is 18.2 Å². The van der Waals surface area contributed by atoms with Crippen molar-refractivity contribution in [3.05, 3.63) is 60.3 Å². The van der Waals surface area contributed by atoms with Crippen molar-refractivity contribution in [3.8, 4) is 5.75 Å². The SMILES string of the molecule is COC(=O)c1cn(C(=O)[C@@H](C)N(c2ccc(OC)cc2)S(C)(=O)=O)c2ccccc12. The molecule has 0 bridgehead atoms. The minimum Gasteiger partial charge on any atom is -0.497 e. The van der Waals surface area contributed by atoms with Gasteiger partial charge in [0.1, 0.15) is 11.8 Å². The minimum absolute atomic E-state index is 0.226. The second kappa shape index (κ2) is 8.19. The highest BCUT2D eigenvalue weighted by atomic mass is 32.2. The molecule has 0 unspecified atom stereocenters. The zero-order valence-electron chi connectivity index (χ0n) is 17.0. The molecule has 2 aromatic carbocycles. The molecule has 3 aromatic rings. The van der Waals surface area contributed by atoms with Crippen molar-refractivity contribution >= 4 is 38.5 Å². The summed E-state index contributed by atoms with van der Waals surface area (Å²) in [6.07, 6.45) is 2.42. The van der Waals surface area contributed by atoms with E-state index in [1.807, 2.05) is 0 Å². The number of carbonyl (C=O) groups is 2. The van der Waals surface area contributed by atoms with Crippen molar-refractivity contribution < 1.29 is 27.5 Å². The number of esters is 1. The first kappa shape index (κ1) is 21.4. The zero-order valence-corrected chi connectivity index (χ0v) is 17.8. The molecule has 0 spiro atoms. The van der Waals surface area contributed by atoms with Crippen molar-refractivity contribution in [1.29, 1.82) is 0 Å². The second-order valence-electron chi connectivity index (χ2n) is 6.69. The van der Waals surface area contributed by atoms with Gasteiger partial charge in [0.2, 0.25) is 10.0 Å². The van der Waals surface area contributed by atoms with Gasteiger partial charge in [-0.3, -0.25) is 13.7 Å². The van der Waals surface area contributed by atoms with E-state index >= 15 is 0 Å². The van der Waals surface area contributed by atoms with Gasteiger partial charge >= 0.3 is 5.97 Å². The van der Waals surface area contributed by atoms with Crippen LogP contribution in [-0.2, 0) is 14.8 Å². The van der Waals surface area contributed by atoms with Crippen molar-refractivity contribution in [2.24, 2.45) is 0 Å². The van der Waals surface area contributed by atoms with Gasteiger partial charge in [0.15, 0.2) is 0 Å². The number of fused-ring (bicyclic) bond motifs is 1. The Bertz CT molecular complexity index is 1200. The smallest absolute Gasteiger partial charge is 0.340 e. The van der Waals surface area contributed by atoms with Crippen LogP contribution in [0.5, 0.6) is 5.75 Å². The lowest BCUT2D eigenvalue weighted by molar-refractivity contribution is 0.0603. The van der Waals surface area contributed by atoms with Crippen molar-refractivity contribution in [2.45, 2.75) is 13.0 Å². The lowest BCUT2D eigenvalue weighted by Gasteiger charge is -2.28. The van der Waals surface area contributed by atoms with Gasteiger partial charge in [-0.15, -0.1) is 0 Å². The molecule has 158 valence electrons. The maximum atomic E-state index is 13.3. The van der Waals surface area contributed by atoms with E-state index < -0.39 is 27.9 Å². The number of sulfonamides is 1. The molecule has 0 saturated heterocycles. The fraction of sp³-hybridized carbons (Fsp3) is 0.238. The Morgan fingerprint density at radius 3 is 2.23 bits per heavy atom. The monoisotopic (exact) mass is 430 g/mol. The highest BCUT2D eigenvalue weighted by molar-refractivity contribution is 7.92. The molecule has 9 heteroatoms. The third-order valence-corrected chi connectivity index (χ3v) is 5.99. The highest BCUT2D eigenvalue weighted by Crippen LogP contribution is 2.27. The van der Waals surface area contributed by atoms with E-state index in [9.17, 15) is 18.0 Å². The Hall–Kier alpha value is -3.33. The molecule has 30 heavy (non-hydrogen) atoms. The minimum atomic E-state index is -3.79. The van der Waals surface area contributed by atoms with Gasteiger partial charge in [0.05, 0.1) is 37.2 Å². The van der Waals surface area contributed by atoms with Crippen LogP contribution in [0, 0.1) is 0 Å². The van der Waals surface area contributed by atoms with E-state index in [1.165, 1.54) is 31.9 Å². The van der Waals surface area contributed by atoms with Crippen LogP contribution in [0.15, 0.2) is 54.7 Å². The number of hydrogen-bond donors (Lipinski definition) is 0. The molecule has 0 radical (unpaired) electrons. The molecule has 8 nitrogen and oxygen atoms in total. The van der Waals surface area contributed by atoms with E-state index in [-0.39, 0.29) is 5.56 Å². The van der Waals surface area contributed by atoms with Crippen molar-refractivity contribution in [3.63, 3.8) is 0 Å². The maximum Gasteiger partial charge on any atom is 0.340 e. The van der Waals surface area contributed by atoms with Crippen LogP contribution in [0.25, 0.3) is 10.9 Å². The fourth-order valence-corrected chi connectivity index (χ4v) is 4.54. The van der Waals surface area contributed by atoms with Crippen LogP contribution in [0.1, 0.15) is 22.1 Å². The molecule has 0 aliphatic heterocycles. The Morgan fingerprint density at radius 1 is 1.03 bits per heavy atom. The number of rotatable bonds is 6. The molecule has 3 rings (SSSR count). The van der Waals surface area contributed by atoms with Crippen LogP contribution in [0.2, 0.25) is 0 Å². The van der Waals surface area contributed by atoms with Gasteiger partial charge in [0.25, 0.3) is 5.91 Å². The number of para-hydroxylation sites is 1. The molecule has 0 N–H and O–H groups in total. The number of nitrogens with zero attached hydrogens (tertiary/aromatic N) is 2. The van der Waals surface area contributed by atoms with E-state index in [1.54, 1.807) is 48.5 Å². The first-order chi connectivity index (χ1) is 14.2. The Labute approximate surface area is 174 Å². The van der Waals surface area contributed by atoms with Crippen LogP contribution < -0.4 is 9.04 Å².